The van der Waals surface area contributed by atoms with Gasteiger partial charge in [-0.25, -0.2) is 0 Å². The van der Waals surface area contributed by atoms with Crippen molar-refractivity contribution in [3.05, 3.63) is 35.5 Å². The molecule has 0 N–H and O–H groups in total. The van der Waals surface area contributed by atoms with E-state index < -0.39 is 0 Å². The zero-order chi connectivity index (χ0) is 17.8. The molecule has 0 bridgehead atoms. The van der Waals surface area contributed by atoms with E-state index in [9.17, 15) is 0 Å². The van der Waals surface area contributed by atoms with Crippen LogP contribution in [0.4, 0.5) is 0 Å². The molecule has 0 amide bonds. The Labute approximate surface area is 161 Å². The number of nitrogens with zero attached hydrogens (tertiary/aromatic N) is 4. The first-order valence-electron chi connectivity index (χ1n) is 9.30. The normalized spacial score (nSPS) is 11.6. The molecular weight excluding hydrogens is 360 g/mol. The number of benzene rings is 1. The SMILES string of the molecule is CCCCCCCCc1csc(-c2c3nccnc3cc3nsnc23)c1. The van der Waals surface area contributed by atoms with Crippen LogP contribution in [0.15, 0.2) is 29.9 Å². The van der Waals surface area contributed by atoms with Crippen LogP contribution in [-0.2, 0) is 6.42 Å². The summed E-state index contributed by atoms with van der Waals surface area (Å²) in [5.74, 6) is 0. The predicted octanol–water partition coefficient (Wildman–Crippen LogP) is 6.27. The van der Waals surface area contributed by atoms with Crippen molar-refractivity contribution in [2.45, 2.75) is 51.9 Å². The zero-order valence-corrected chi connectivity index (χ0v) is 16.6. The Kier molecular flexibility index (Phi) is 5.51. The highest BCUT2D eigenvalue weighted by atomic mass is 32.1. The van der Waals surface area contributed by atoms with Gasteiger partial charge in [-0.2, -0.15) is 8.75 Å². The van der Waals surface area contributed by atoms with E-state index in [-0.39, 0.29) is 0 Å². The van der Waals surface area contributed by atoms with Gasteiger partial charge in [0.25, 0.3) is 0 Å². The van der Waals surface area contributed by atoms with Gasteiger partial charge in [0.2, 0.25) is 0 Å². The van der Waals surface area contributed by atoms with Gasteiger partial charge in [-0.1, -0.05) is 39.0 Å². The lowest BCUT2D eigenvalue weighted by atomic mass is 10.0. The van der Waals surface area contributed by atoms with E-state index in [2.05, 4.69) is 37.1 Å². The number of rotatable bonds is 8. The molecule has 0 radical (unpaired) electrons. The van der Waals surface area contributed by atoms with Gasteiger partial charge in [0, 0.05) is 22.8 Å². The van der Waals surface area contributed by atoms with Crippen molar-refractivity contribution >= 4 is 45.1 Å². The Morgan fingerprint density at radius 1 is 0.846 bits per heavy atom. The van der Waals surface area contributed by atoms with Crippen LogP contribution in [0.25, 0.3) is 32.5 Å². The summed E-state index contributed by atoms with van der Waals surface area (Å²) in [5.41, 5.74) is 6.14. The van der Waals surface area contributed by atoms with E-state index in [1.807, 2.05) is 6.07 Å². The van der Waals surface area contributed by atoms with E-state index in [4.69, 9.17) is 0 Å². The molecule has 6 heteroatoms. The van der Waals surface area contributed by atoms with Gasteiger partial charge >= 0.3 is 0 Å². The van der Waals surface area contributed by atoms with Crippen LogP contribution >= 0.6 is 23.1 Å². The van der Waals surface area contributed by atoms with Gasteiger partial charge in [0.15, 0.2) is 0 Å². The Bertz CT molecular complexity index is 1010. The molecule has 0 unspecified atom stereocenters. The number of thiophene rings is 1. The Morgan fingerprint density at radius 2 is 1.69 bits per heavy atom. The quantitative estimate of drug-likeness (QED) is 0.337. The van der Waals surface area contributed by atoms with Crippen molar-refractivity contribution in [2.75, 3.05) is 0 Å². The molecule has 0 saturated heterocycles. The van der Waals surface area contributed by atoms with E-state index >= 15 is 0 Å². The molecule has 4 nitrogen and oxygen atoms in total. The average molecular weight is 383 g/mol. The summed E-state index contributed by atoms with van der Waals surface area (Å²) >= 11 is 3.03. The third-order valence-electron chi connectivity index (χ3n) is 4.71. The molecule has 0 atom stereocenters. The van der Waals surface area contributed by atoms with Gasteiger partial charge in [-0.3, -0.25) is 9.97 Å². The number of unbranched alkanes of at least 4 members (excludes halogenated alkanes) is 5. The summed E-state index contributed by atoms with van der Waals surface area (Å²) in [6.07, 6.45) is 12.6. The van der Waals surface area contributed by atoms with Crippen molar-refractivity contribution < 1.29 is 0 Å². The van der Waals surface area contributed by atoms with Crippen LogP contribution in [0.1, 0.15) is 51.0 Å². The molecule has 1 aromatic carbocycles. The smallest absolute Gasteiger partial charge is 0.115 e. The molecule has 26 heavy (non-hydrogen) atoms. The summed E-state index contributed by atoms with van der Waals surface area (Å²) in [6, 6.07) is 4.29. The standard InChI is InChI=1S/C20H22N4S2/c1-2-3-4-5-6-7-8-14-11-17(25-13-14)18-19-15(21-9-10-22-19)12-16-20(18)24-26-23-16/h9-13H,2-8H2,1H3. The summed E-state index contributed by atoms with van der Waals surface area (Å²) in [5, 5.41) is 2.28. The topological polar surface area (TPSA) is 51.6 Å². The molecule has 4 aromatic rings. The number of fused-ring (bicyclic) bond motifs is 2. The Hall–Kier alpha value is -1.92. The Balaban J connectivity index is 1.58. The van der Waals surface area contributed by atoms with Gasteiger partial charge in [-0.05, 0) is 35.9 Å². The molecular formula is C20H22N4S2. The van der Waals surface area contributed by atoms with Crippen LogP contribution in [-0.4, -0.2) is 18.7 Å². The van der Waals surface area contributed by atoms with Crippen molar-refractivity contribution in [3.8, 4) is 10.4 Å². The van der Waals surface area contributed by atoms with Crippen LogP contribution in [0.2, 0.25) is 0 Å². The Morgan fingerprint density at radius 3 is 2.62 bits per heavy atom. The van der Waals surface area contributed by atoms with Gasteiger partial charge in [0.1, 0.15) is 11.0 Å². The maximum Gasteiger partial charge on any atom is 0.115 e. The second-order valence-corrected chi connectivity index (χ2v) is 8.08. The molecule has 0 aliphatic heterocycles. The second kappa shape index (κ2) is 8.18. The molecule has 0 fully saturated rings. The third-order valence-corrected chi connectivity index (χ3v) is 6.25. The molecule has 0 aliphatic carbocycles. The fourth-order valence-electron chi connectivity index (χ4n) is 3.33. The van der Waals surface area contributed by atoms with Crippen LogP contribution in [0, 0.1) is 0 Å². The molecule has 3 aromatic heterocycles. The predicted molar refractivity (Wildman–Crippen MR) is 111 cm³/mol. The first kappa shape index (κ1) is 17.5. The first-order chi connectivity index (χ1) is 12.9. The number of aryl methyl sites for hydroxylation is 1. The van der Waals surface area contributed by atoms with Crippen LogP contribution in [0.3, 0.4) is 0 Å². The average Bonchev–Trinajstić information content (AvgIpc) is 3.32. The van der Waals surface area contributed by atoms with E-state index in [0.29, 0.717) is 0 Å². The maximum atomic E-state index is 4.58. The lowest BCUT2D eigenvalue weighted by Crippen LogP contribution is -1.88. The lowest BCUT2D eigenvalue weighted by molar-refractivity contribution is 0.608. The molecule has 0 spiro atoms. The van der Waals surface area contributed by atoms with Crippen molar-refractivity contribution in [3.63, 3.8) is 0 Å². The summed E-state index contributed by atoms with van der Waals surface area (Å²) < 4.78 is 8.94. The minimum absolute atomic E-state index is 0.883. The maximum absolute atomic E-state index is 4.58. The highest BCUT2D eigenvalue weighted by Crippen LogP contribution is 2.37. The minimum atomic E-state index is 0.883. The third kappa shape index (κ3) is 3.62. The fourth-order valence-corrected chi connectivity index (χ4v) is 4.86. The van der Waals surface area contributed by atoms with E-state index in [0.717, 1.165) is 34.1 Å². The van der Waals surface area contributed by atoms with Crippen LogP contribution < -0.4 is 0 Å². The minimum Gasteiger partial charge on any atom is -0.253 e. The molecule has 0 aliphatic rings. The van der Waals surface area contributed by atoms with E-state index in [1.54, 1.807) is 23.7 Å². The second-order valence-electron chi connectivity index (χ2n) is 6.64. The first-order valence-corrected chi connectivity index (χ1v) is 10.9. The van der Waals surface area contributed by atoms with Crippen molar-refractivity contribution in [1.29, 1.82) is 0 Å². The highest BCUT2D eigenvalue weighted by Gasteiger charge is 2.16. The molecule has 4 rings (SSSR count). The summed E-state index contributed by atoms with van der Waals surface area (Å²) in [6.45, 7) is 2.26. The number of hydrogen-bond donors (Lipinski definition) is 0. The zero-order valence-electron chi connectivity index (χ0n) is 14.9. The van der Waals surface area contributed by atoms with E-state index in [1.165, 1.54) is 60.7 Å². The van der Waals surface area contributed by atoms with Crippen molar-refractivity contribution in [2.24, 2.45) is 0 Å². The number of hydrogen-bond acceptors (Lipinski definition) is 6. The summed E-state index contributed by atoms with van der Waals surface area (Å²) in [4.78, 5) is 10.3. The van der Waals surface area contributed by atoms with Gasteiger partial charge < -0.3 is 0 Å². The highest BCUT2D eigenvalue weighted by molar-refractivity contribution is 7.14. The van der Waals surface area contributed by atoms with Gasteiger partial charge in [0.05, 0.1) is 22.8 Å². The lowest BCUT2D eigenvalue weighted by Gasteiger charge is -2.04. The monoisotopic (exact) mass is 382 g/mol. The largest absolute Gasteiger partial charge is 0.253 e. The summed E-state index contributed by atoms with van der Waals surface area (Å²) in [7, 11) is 0. The number of aromatic nitrogens is 4. The molecule has 3 heterocycles. The van der Waals surface area contributed by atoms with Gasteiger partial charge in [-0.15, -0.1) is 11.3 Å². The molecule has 134 valence electrons. The molecule has 0 saturated carbocycles. The van der Waals surface area contributed by atoms with Crippen molar-refractivity contribution in [1.82, 2.24) is 18.7 Å². The fraction of sp³-hybridized carbons (Fsp3) is 0.400. The van der Waals surface area contributed by atoms with Crippen LogP contribution in [0.5, 0.6) is 0 Å².